The number of hydrogen-bond acceptors (Lipinski definition) is 6. The number of carbonyl (C=O) groups excluding carboxylic acids is 2. The van der Waals surface area contributed by atoms with Crippen molar-refractivity contribution in [1.29, 1.82) is 0 Å². The van der Waals surface area contributed by atoms with Gasteiger partial charge in [0.1, 0.15) is 11.4 Å². The highest BCUT2D eigenvalue weighted by Gasteiger charge is 2.31. The molecule has 36 heavy (non-hydrogen) atoms. The number of nitrogens with zero attached hydrogens (tertiary/aromatic N) is 4. The molecular weight excluding hydrogens is 542 g/mol. The number of halogens is 1. The molecule has 5 rings (SSSR count). The van der Waals surface area contributed by atoms with Crippen molar-refractivity contribution in [3.63, 3.8) is 0 Å². The first kappa shape index (κ1) is 24.3. The number of thioether (sulfide) groups is 1. The van der Waals surface area contributed by atoms with Gasteiger partial charge >= 0.3 is 0 Å². The average Bonchev–Trinajstić information content (AvgIpc) is 3.48. The molecule has 2 N–H and O–H groups in total. The first-order valence-electron chi connectivity index (χ1n) is 11.5. The van der Waals surface area contributed by atoms with Gasteiger partial charge in [-0.15, -0.1) is 0 Å². The maximum absolute atomic E-state index is 12.8. The fourth-order valence-electron chi connectivity index (χ4n) is 4.27. The van der Waals surface area contributed by atoms with E-state index in [1.807, 2.05) is 60.8 Å². The zero-order valence-electron chi connectivity index (χ0n) is 19.6. The summed E-state index contributed by atoms with van der Waals surface area (Å²) in [7, 11) is 1.62. The van der Waals surface area contributed by atoms with E-state index in [2.05, 4.69) is 25.8 Å². The number of carbonyl (C=O) groups is 2. The van der Waals surface area contributed by atoms with Gasteiger partial charge in [0.15, 0.2) is 5.17 Å². The van der Waals surface area contributed by atoms with Crippen molar-refractivity contribution in [3.05, 3.63) is 69.7 Å². The molecular formula is C26H24BrN5O3S. The Kier molecular flexibility index (Phi) is 6.97. The average molecular weight is 566 g/mol. The molecule has 0 saturated carbocycles. The number of rotatable bonds is 5. The van der Waals surface area contributed by atoms with Crippen LogP contribution in [0.4, 0.5) is 0 Å². The number of para-hydroxylation sites is 1. The Morgan fingerprint density at radius 3 is 2.61 bits per heavy atom. The molecule has 0 aliphatic carbocycles. The van der Waals surface area contributed by atoms with Gasteiger partial charge in [-0.05, 0) is 76.9 Å². The molecule has 0 radical (unpaired) electrons. The van der Waals surface area contributed by atoms with Crippen LogP contribution in [0, 0.1) is 5.92 Å². The van der Waals surface area contributed by atoms with Crippen LogP contribution in [0.1, 0.15) is 18.4 Å². The van der Waals surface area contributed by atoms with E-state index in [4.69, 9.17) is 15.6 Å². The van der Waals surface area contributed by atoms with Crippen molar-refractivity contribution in [2.24, 2.45) is 16.6 Å². The van der Waals surface area contributed by atoms with Gasteiger partial charge in [0.05, 0.1) is 22.2 Å². The summed E-state index contributed by atoms with van der Waals surface area (Å²) >= 11 is 4.91. The molecule has 2 amide bonds. The molecule has 2 aliphatic rings. The fraction of sp³-hybridized carbons (Fsp3) is 0.231. The van der Waals surface area contributed by atoms with Crippen molar-refractivity contribution in [2.45, 2.75) is 12.8 Å². The van der Waals surface area contributed by atoms with E-state index < -0.39 is 0 Å². The predicted molar refractivity (Wildman–Crippen MR) is 145 cm³/mol. The number of aromatic nitrogens is 2. The Bertz CT molecular complexity index is 1380. The monoisotopic (exact) mass is 565 g/mol. The number of ether oxygens (including phenoxy) is 1. The Morgan fingerprint density at radius 1 is 1.19 bits per heavy atom. The lowest BCUT2D eigenvalue weighted by atomic mass is 9.97. The second kappa shape index (κ2) is 10.3. The minimum atomic E-state index is -0.277. The molecule has 0 spiro atoms. The van der Waals surface area contributed by atoms with Gasteiger partial charge in [0.25, 0.3) is 5.91 Å². The number of primary amides is 1. The van der Waals surface area contributed by atoms with Crippen LogP contribution in [0.15, 0.2) is 69.1 Å². The Balaban J connectivity index is 1.46. The van der Waals surface area contributed by atoms with Crippen LogP contribution in [0.3, 0.4) is 0 Å². The number of amides is 2. The van der Waals surface area contributed by atoms with Crippen LogP contribution in [0.2, 0.25) is 0 Å². The Labute approximate surface area is 221 Å². The summed E-state index contributed by atoms with van der Waals surface area (Å²) in [6.45, 7) is 1.30. The minimum absolute atomic E-state index is 0.117. The molecule has 0 unspecified atom stereocenters. The van der Waals surface area contributed by atoms with Gasteiger partial charge in [-0.25, -0.2) is 4.68 Å². The van der Waals surface area contributed by atoms with E-state index in [9.17, 15) is 9.59 Å². The fourth-order valence-corrected chi connectivity index (χ4v) is 5.77. The third kappa shape index (κ3) is 4.96. The minimum Gasteiger partial charge on any atom is -0.496 e. The van der Waals surface area contributed by atoms with Crippen LogP contribution in [0.5, 0.6) is 5.75 Å². The molecule has 2 aliphatic heterocycles. The highest BCUT2D eigenvalue weighted by Crippen LogP contribution is 2.36. The van der Waals surface area contributed by atoms with Crippen molar-refractivity contribution >= 4 is 50.7 Å². The smallest absolute Gasteiger partial charge is 0.286 e. The van der Waals surface area contributed by atoms with E-state index in [1.54, 1.807) is 11.8 Å². The largest absolute Gasteiger partial charge is 0.496 e. The van der Waals surface area contributed by atoms with Crippen LogP contribution < -0.4 is 10.5 Å². The third-order valence-corrected chi connectivity index (χ3v) is 7.92. The summed E-state index contributed by atoms with van der Waals surface area (Å²) in [5, 5.41) is 5.51. The SMILES string of the molecule is COc1ccc(-c2nn(-c3ccccc3)cc2/C=C2\SC(N3CCC(C(N)=O)CC3)=NC2=O)cc1Br. The highest BCUT2D eigenvalue weighted by molar-refractivity contribution is 9.10. The van der Waals surface area contributed by atoms with Crippen molar-refractivity contribution in [1.82, 2.24) is 14.7 Å². The van der Waals surface area contributed by atoms with E-state index in [0.717, 1.165) is 32.7 Å². The van der Waals surface area contributed by atoms with Crippen molar-refractivity contribution in [2.75, 3.05) is 20.2 Å². The first-order chi connectivity index (χ1) is 17.4. The Hall–Kier alpha value is -3.37. The van der Waals surface area contributed by atoms with E-state index >= 15 is 0 Å². The van der Waals surface area contributed by atoms with E-state index in [0.29, 0.717) is 36.0 Å². The molecule has 3 heterocycles. The number of hydrogen-bond donors (Lipinski definition) is 1. The maximum Gasteiger partial charge on any atom is 0.286 e. The van der Waals surface area contributed by atoms with E-state index in [1.165, 1.54) is 11.8 Å². The lowest BCUT2D eigenvalue weighted by Gasteiger charge is -2.31. The van der Waals surface area contributed by atoms with Crippen LogP contribution >= 0.6 is 27.7 Å². The number of benzene rings is 2. The summed E-state index contributed by atoms with van der Waals surface area (Å²) in [4.78, 5) is 31.2. The molecule has 1 saturated heterocycles. The number of piperidine rings is 1. The number of methoxy groups -OCH3 is 1. The standard InChI is InChI=1S/C26H24BrN5O3S/c1-35-21-8-7-17(13-20(21)27)23-18(15-32(30-23)19-5-3-2-4-6-19)14-22-25(34)29-26(36-22)31-11-9-16(10-12-31)24(28)33/h2-8,13-16H,9-12H2,1H3,(H2,28,33)/b22-14-. The summed E-state index contributed by atoms with van der Waals surface area (Å²) in [6, 6.07) is 15.6. The molecule has 10 heteroatoms. The molecule has 1 aromatic heterocycles. The van der Waals surface area contributed by atoms with Crippen LogP contribution in [-0.2, 0) is 9.59 Å². The van der Waals surface area contributed by atoms with Gasteiger partial charge in [0, 0.05) is 36.3 Å². The topological polar surface area (TPSA) is 103 Å². The van der Waals surface area contributed by atoms with Gasteiger partial charge < -0.3 is 15.4 Å². The maximum atomic E-state index is 12.8. The predicted octanol–water partition coefficient (Wildman–Crippen LogP) is 4.48. The second-order valence-electron chi connectivity index (χ2n) is 8.54. The highest BCUT2D eigenvalue weighted by atomic mass is 79.9. The van der Waals surface area contributed by atoms with E-state index in [-0.39, 0.29) is 17.7 Å². The van der Waals surface area contributed by atoms with Crippen molar-refractivity contribution < 1.29 is 14.3 Å². The van der Waals surface area contributed by atoms with Crippen molar-refractivity contribution in [3.8, 4) is 22.7 Å². The molecule has 0 atom stereocenters. The summed E-state index contributed by atoms with van der Waals surface area (Å²) in [5.74, 6) is 0.0665. The van der Waals surface area contributed by atoms with Gasteiger partial charge in [0.2, 0.25) is 5.91 Å². The third-order valence-electron chi connectivity index (χ3n) is 6.25. The lowest BCUT2D eigenvalue weighted by molar-refractivity contribution is -0.123. The summed E-state index contributed by atoms with van der Waals surface area (Å²) in [5.41, 5.74) is 8.79. The number of amidine groups is 1. The molecule has 2 aromatic carbocycles. The number of aliphatic imine (C=N–C) groups is 1. The van der Waals surface area contributed by atoms with Crippen LogP contribution in [0.25, 0.3) is 23.0 Å². The number of nitrogens with two attached hydrogens (primary N) is 1. The lowest BCUT2D eigenvalue weighted by Crippen LogP contribution is -2.40. The normalized spacial score (nSPS) is 17.5. The van der Waals surface area contributed by atoms with Gasteiger partial charge in [-0.3, -0.25) is 9.59 Å². The molecule has 184 valence electrons. The zero-order valence-corrected chi connectivity index (χ0v) is 22.0. The first-order valence-corrected chi connectivity index (χ1v) is 13.1. The van der Waals surface area contributed by atoms with Gasteiger partial charge in [-0.2, -0.15) is 10.1 Å². The zero-order chi connectivity index (χ0) is 25.2. The summed E-state index contributed by atoms with van der Waals surface area (Å²) in [6.07, 6.45) is 5.10. The van der Waals surface area contributed by atoms with Crippen LogP contribution in [-0.4, -0.2) is 51.9 Å². The second-order valence-corrected chi connectivity index (χ2v) is 10.4. The Morgan fingerprint density at radius 2 is 1.94 bits per heavy atom. The molecule has 3 aromatic rings. The summed E-state index contributed by atoms with van der Waals surface area (Å²) < 4.78 is 7.99. The van der Waals surface area contributed by atoms with Gasteiger partial charge in [-0.1, -0.05) is 18.2 Å². The molecule has 8 nitrogen and oxygen atoms in total. The molecule has 1 fully saturated rings. The number of likely N-dealkylation sites (tertiary alicyclic amines) is 1. The quantitative estimate of drug-likeness (QED) is 0.457. The molecule has 0 bridgehead atoms.